The monoisotopic (exact) mass is 339 g/mol. The second kappa shape index (κ2) is 6.17. The molecule has 3 nitrogen and oxygen atoms in total. The number of hydrogen-bond acceptors (Lipinski definition) is 3. The van der Waals surface area contributed by atoms with E-state index >= 15 is 0 Å². The van der Waals surface area contributed by atoms with Gasteiger partial charge in [0.15, 0.2) is 0 Å². The number of nitrogens with zero attached hydrogens (tertiary/aromatic N) is 1. The summed E-state index contributed by atoms with van der Waals surface area (Å²) >= 11 is 1.71. The molecule has 1 amide bonds. The van der Waals surface area contributed by atoms with Crippen LogP contribution in [0.4, 0.5) is 0 Å². The molecule has 2 aromatic carbocycles. The van der Waals surface area contributed by atoms with Gasteiger partial charge in [-0.1, -0.05) is 29.8 Å². The predicted molar refractivity (Wildman–Crippen MR) is 96.2 cm³/mol. The third kappa shape index (κ3) is 3.16. The van der Waals surface area contributed by atoms with Crippen molar-refractivity contribution in [1.82, 2.24) is 4.90 Å². The van der Waals surface area contributed by atoms with E-state index in [2.05, 4.69) is 25.1 Å². The summed E-state index contributed by atoms with van der Waals surface area (Å²) in [6, 6.07) is 14.0. The van der Waals surface area contributed by atoms with Crippen molar-refractivity contribution in [2.24, 2.45) is 0 Å². The van der Waals surface area contributed by atoms with Gasteiger partial charge in [0, 0.05) is 17.5 Å². The lowest BCUT2D eigenvalue weighted by molar-refractivity contribution is -0.131. The molecule has 1 aliphatic heterocycles. The number of amides is 1. The number of benzene rings is 2. The van der Waals surface area contributed by atoms with E-state index in [1.165, 1.54) is 16.0 Å². The molecule has 4 rings (SSSR count). The van der Waals surface area contributed by atoms with E-state index in [4.69, 9.17) is 0 Å². The average Bonchev–Trinajstić information content (AvgIpc) is 3.32. The highest BCUT2D eigenvalue weighted by atomic mass is 32.2. The summed E-state index contributed by atoms with van der Waals surface area (Å²) in [6.45, 7) is 2.73. The van der Waals surface area contributed by atoms with Crippen LogP contribution in [0, 0.1) is 6.92 Å². The van der Waals surface area contributed by atoms with Crippen molar-refractivity contribution in [2.45, 2.75) is 48.9 Å². The minimum Gasteiger partial charge on any atom is -0.508 e. The first-order valence-corrected chi connectivity index (χ1v) is 9.33. The molecule has 1 atom stereocenters. The minimum atomic E-state index is -0.000449. The second-order valence-electron chi connectivity index (χ2n) is 6.79. The molecule has 24 heavy (non-hydrogen) atoms. The van der Waals surface area contributed by atoms with Crippen LogP contribution < -0.4 is 0 Å². The minimum absolute atomic E-state index is 0.000449. The number of thioether (sulfide) groups is 1. The fraction of sp³-hybridized carbons (Fsp3) is 0.350. The van der Waals surface area contributed by atoms with Crippen molar-refractivity contribution < 1.29 is 9.90 Å². The maximum atomic E-state index is 13.1. The highest BCUT2D eigenvalue weighted by molar-refractivity contribution is 8.01. The SMILES string of the molecule is Cc1ccc2c(c1)S[C@@H](C(=O)N(Cc1ccc(O)cc1)C1CC1)C2. The molecule has 0 spiro atoms. The summed E-state index contributed by atoms with van der Waals surface area (Å²) in [6.07, 6.45) is 3.04. The number of phenolic OH excluding ortho intramolecular Hbond substituents is 1. The third-order valence-corrected chi connectivity index (χ3v) is 6.02. The molecule has 124 valence electrons. The van der Waals surface area contributed by atoms with Crippen LogP contribution in [0.2, 0.25) is 0 Å². The van der Waals surface area contributed by atoms with Crippen molar-refractivity contribution in [3.8, 4) is 5.75 Å². The molecule has 0 radical (unpaired) electrons. The Hall–Kier alpha value is -1.94. The van der Waals surface area contributed by atoms with Crippen LogP contribution in [0.3, 0.4) is 0 Å². The van der Waals surface area contributed by atoms with Crippen molar-refractivity contribution in [1.29, 1.82) is 0 Å². The number of rotatable bonds is 4. The Labute approximate surface area is 146 Å². The van der Waals surface area contributed by atoms with E-state index in [-0.39, 0.29) is 16.9 Å². The van der Waals surface area contributed by atoms with E-state index in [0.29, 0.717) is 12.6 Å². The molecular weight excluding hydrogens is 318 g/mol. The van der Waals surface area contributed by atoms with Crippen LogP contribution >= 0.6 is 11.8 Å². The topological polar surface area (TPSA) is 40.5 Å². The molecule has 1 aliphatic carbocycles. The molecule has 1 saturated carbocycles. The maximum absolute atomic E-state index is 13.1. The number of phenols is 1. The molecule has 2 aromatic rings. The Morgan fingerprint density at radius 2 is 1.96 bits per heavy atom. The van der Waals surface area contributed by atoms with Gasteiger partial charge in [-0.25, -0.2) is 0 Å². The van der Waals surface area contributed by atoms with Crippen LogP contribution in [0.1, 0.15) is 29.5 Å². The molecular formula is C20H21NO2S. The quantitative estimate of drug-likeness (QED) is 0.918. The Balaban J connectivity index is 1.50. The summed E-state index contributed by atoms with van der Waals surface area (Å²) in [7, 11) is 0. The van der Waals surface area contributed by atoms with E-state index < -0.39 is 0 Å². The molecule has 1 heterocycles. The van der Waals surface area contributed by atoms with Gasteiger partial charge in [0.05, 0.1) is 5.25 Å². The normalized spacial score (nSPS) is 19.1. The summed E-state index contributed by atoms with van der Waals surface area (Å²) in [4.78, 5) is 16.4. The van der Waals surface area contributed by atoms with Gasteiger partial charge >= 0.3 is 0 Å². The number of carbonyl (C=O) groups is 1. The van der Waals surface area contributed by atoms with Crippen LogP contribution in [0.25, 0.3) is 0 Å². The predicted octanol–water partition coefficient (Wildman–Crippen LogP) is 3.91. The highest BCUT2D eigenvalue weighted by Crippen LogP contribution is 2.40. The van der Waals surface area contributed by atoms with Crippen molar-refractivity contribution in [2.75, 3.05) is 0 Å². The summed E-state index contributed by atoms with van der Waals surface area (Å²) in [5, 5.41) is 9.43. The molecule has 4 heteroatoms. The van der Waals surface area contributed by atoms with Gasteiger partial charge in [0.1, 0.15) is 5.75 Å². The van der Waals surface area contributed by atoms with Crippen LogP contribution in [-0.4, -0.2) is 27.2 Å². The number of fused-ring (bicyclic) bond motifs is 1. The molecule has 0 bridgehead atoms. The van der Waals surface area contributed by atoms with Gasteiger partial charge in [0.25, 0.3) is 0 Å². The molecule has 2 aliphatic rings. The maximum Gasteiger partial charge on any atom is 0.236 e. The number of aryl methyl sites for hydroxylation is 1. The number of aromatic hydroxyl groups is 1. The lowest BCUT2D eigenvalue weighted by Gasteiger charge is -2.25. The zero-order valence-corrected chi connectivity index (χ0v) is 14.6. The van der Waals surface area contributed by atoms with Gasteiger partial charge in [0.2, 0.25) is 5.91 Å². The standard InChI is InChI=1S/C20H21NO2S/c1-13-2-5-15-11-19(24-18(15)10-13)20(23)21(16-6-7-16)12-14-3-8-17(22)9-4-14/h2-5,8-10,16,19,22H,6-7,11-12H2,1H3/t19-/m1/s1. The van der Waals surface area contributed by atoms with Crippen LogP contribution in [-0.2, 0) is 17.8 Å². The first-order chi connectivity index (χ1) is 11.6. The van der Waals surface area contributed by atoms with Gasteiger partial charge in [-0.15, -0.1) is 11.8 Å². The van der Waals surface area contributed by atoms with E-state index in [1.54, 1.807) is 23.9 Å². The van der Waals surface area contributed by atoms with Gasteiger partial charge in [-0.2, -0.15) is 0 Å². The highest BCUT2D eigenvalue weighted by Gasteiger charge is 2.38. The Bertz CT molecular complexity index is 768. The van der Waals surface area contributed by atoms with Crippen LogP contribution in [0.5, 0.6) is 5.75 Å². The smallest absolute Gasteiger partial charge is 0.236 e. The average molecular weight is 339 g/mol. The largest absolute Gasteiger partial charge is 0.508 e. The number of hydrogen-bond donors (Lipinski definition) is 1. The van der Waals surface area contributed by atoms with Gasteiger partial charge in [-0.05, 0) is 55.5 Å². The fourth-order valence-corrected chi connectivity index (χ4v) is 4.59. The Morgan fingerprint density at radius 1 is 1.21 bits per heavy atom. The second-order valence-corrected chi connectivity index (χ2v) is 8.03. The summed E-state index contributed by atoms with van der Waals surface area (Å²) < 4.78 is 0. The molecule has 0 saturated heterocycles. The summed E-state index contributed by atoms with van der Waals surface area (Å²) in [5.74, 6) is 0.518. The Kier molecular flexibility index (Phi) is 4.01. The van der Waals surface area contributed by atoms with Crippen molar-refractivity contribution in [3.63, 3.8) is 0 Å². The molecule has 0 aromatic heterocycles. The van der Waals surface area contributed by atoms with E-state index in [9.17, 15) is 9.90 Å². The van der Waals surface area contributed by atoms with Crippen molar-refractivity contribution in [3.05, 3.63) is 59.2 Å². The lowest BCUT2D eigenvalue weighted by Crippen LogP contribution is -2.38. The fourth-order valence-electron chi connectivity index (χ4n) is 3.23. The van der Waals surface area contributed by atoms with Gasteiger partial charge in [-0.3, -0.25) is 4.79 Å². The molecule has 1 fully saturated rings. The first-order valence-electron chi connectivity index (χ1n) is 8.45. The summed E-state index contributed by atoms with van der Waals surface area (Å²) in [5.41, 5.74) is 3.62. The van der Waals surface area contributed by atoms with Gasteiger partial charge < -0.3 is 10.0 Å². The number of carbonyl (C=O) groups excluding carboxylic acids is 1. The van der Waals surface area contributed by atoms with E-state index in [0.717, 1.165) is 24.8 Å². The van der Waals surface area contributed by atoms with E-state index in [1.807, 2.05) is 17.0 Å². The zero-order chi connectivity index (χ0) is 16.7. The first kappa shape index (κ1) is 15.6. The zero-order valence-electron chi connectivity index (χ0n) is 13.7. The third-order valence-electron chi connectivity index (χ3n) is 4.73. The molecule has 0 unspecified atom stereocenters. The van der Waals surface area contributed by atoms with Crippen molar-refractivity contribution >= 4 is 17.7 Å². The molecule has 1 N–H and O–H groups in total. The lowest BCUT2D eigenvalue weighted by atomic mass is 10.1. The van der Waals surface area contributed by atoms with Crippen LogP contribution in [0.15, 0.2) is 47.4 Å². The Morgan fingerprint density at radius 3 is 2.67 bits per heavy atom.